The topological polar surface area (TPSA) is 45.2 Å². The van der Waals surface area contributed by atoms with Gasteiger partial charge >= 0.3 is 0 Å². The minimum atomic E-state index is -0.589. The first kappa shape index (κ1) is 15.9. The summed E-state index contributed by atoms with van der Waals surface area (Å²) in [6.45, 7) is 3.05. The van der Waals surface area contributed by atoms with Crippen LogP contribution in [0, 0.1) is 18.6 Å². The molecule has 1 aromatic heterocycles. The fourth-order valence-corrected chi connectivity index (χ4v) is 3.38. The third-order valence-electron chi connectivity index (χ3n) is 3.81. The van der Waals surface area contributed by atoms with Gasteiger partial charge in [0, 0.05) is 30.6 Å². The predicted molar refractivity (Wildman–Crippen MR) is 85.7 cm³/mol. The Kier molecular flexibility index (Phi) is 4.56. The fourth-order valence-electron chi connectivity index (χ4n) is 2.77. The van der Waals surface area contributed by atoms with Gasteiger partial charge in [0.2, 0.25) is 5.91 Å². The first-order valence-corrected chi connectivity index (χ1v) is 8.29. The van der Waals surface area contributed by atoms with Gasteiger partial charge in [-0.15, -0.1) is 11.3 Å². The number of rotatable bonds is 4. The summed E-state index contributed by atoms with van der Waals surface area (Å²) in [6.07, 6.45) is 0.990. The average molecular weight is 337 g/mol. The zero-order valence-corrected chi connectivity index (χ0v) is 13.5. The molecule has 0 aliphatic carbocycles. The third kappa shape index (κ3) is 3.85. The third-order valence-corrected chi connectivity index (χ3v) is 4.63. The second-order valence-corrected chi connectivity index (χ2v) is 6.69. The van der Waals surface area contributed by atoms with E-state index in [-0.39, 0.29) is 18.4 Å². The van der Waals surface area contributed by atoms with E-state index in [0.29, 0.717) is 18.8 Å². The van der Waals surface area contributed by atoms with E-state index in [1.165, 1.54) is 23.5 Å². The van der Waals surface area contributed by atoms with E-state index < -0.39 is 11.6 Å². The summed E-state index contributed by atoms with van der Waals surface area (Å²) in [5.41, 5.74) is 1.14. The second-order valence-electron chi connectivity index (χ2n) is 5.63. The summed E-state index contributed by atoms with van der Waals surface area (Å²) in [6, 6.07) is 3.53. The van der Waals surface area contributed by atoms with E-state index in [4.69, 9.17) is 0 Å². The molecule has 0 spiro atoms. The Morgan fingerprint density at radius 1 is 1.48 bits per heavy atom. The molecule has 4 nitrogen and oxygen atoms in total. The van der Waals surface area contributed by atoms with Gasteiger partial charge in [-0.05, 0) is 25.5 Å². The van der Waals surface area contributed by atoms with E-state index in [2.05, 4.69) is 10.3 Å². The molecule has 2 aromatic rings. The lowest BCUT2D eigenvalue weighted by atomic mass is 10.2. The SMILES string of the molecule is Cc1nc(CC(=O)NC2CCN(c3ccc(F)cc3F)C2)cs1. The van der Waals surface area contributed by atoms with E-state index >= 15 is 0 Å². The quantitative estimate of drug-likeness (QED) is 0.933. The second kappa shape index (κ2) is 6.62. The highest BCUT2D eigenvalue weighted by Crippen LogP contribution is 2.24. The number of carbonyl (C=O) groups is 1. The molecule has 1 N–H and O–H groups in total. The molecule has 7 heteroatoms. The monoisotopic (exact) mass is 337 g/mol. The molecule has 0 bridgehead atoms. The number of nitrogens with one attached hydrogen (secondary N) is 1. The van der Waals surface area contributed by atoms with Gasteiger partial charge in [0.1, 0.15) is 11.6 Å². The number of nitrogens with zero attached hydrogens (tertiary/aromatic N) is 2. The number of halogens is 2. The molecule has 1 atom stereocenters. The molecule has 1 amide bonds. The number of thiazole rings is 1. The maximum absolute atomic E-state index is 13.8. The highest BCUT2D eigenvalue weighted by atomic mass is 32.1. The van der Waals surface area contributed by atoms with E-state index in [1.54, 1.807) is 0 Å². The van der Waals surface area contributed by atoms with Crippen molar-refractivity contribution < 1.29 is 13.6 Å². The van der Waals surface area contributed by atoms with Crippen molar-refractivity contribution in [2.45, 2.75) is 25.8 Å². The largest absolute Gasteiger partial charge is 0.367 e. The van der Waals surface area contributed by atoms with Crippen LogP contribution < -0.4 is 10.2 Å². The lowest BCUT2D eigenvalue weighted by molar-refractivity contribution is -0.121. The van der Waals surface area contributed by atoms with Crippen LogP contribution in [0.1, 0.15) is 17.1 Å². The van der Waals surface area contributed by atoms with Crippen LogP contribution in [0.4, 0.5) is 14.5 Å². The molecule has 0 radical (unpaired) electrons. The van der Waals surface area contributed by atoms with Gasteiger partial charge in [-0.2, -0.15) is 0 Å². The van der Waals surface area contributed by atoms with E-state index in [1.807, 2.05) is 17.2 Å². The van der Waals surface area contributed by atoms with Gasteiger partial charge in [-0.3, -0.25) is 4.79 Å². The molecule has 1 fully saturated rings. The number of hydrogen-bond acceptors (Lipinski definition) is 4. The van der Waals surface area contributed by atoms with Gasteiger partial charge in [-0.25, -0.2) is 13.8 Å². The summed E-state index contributed by atoms with van der Waals surface area (Å²) in [7, 11) is 0. The van der Waals surface area contributed by atoms with Gasteiger partial charge in [0.05, 0.1) is 22.8 Å². The Bertz CT molecular complexity index is 719. The van der Waals surface area contributed by atoms with E-state index in [0.717, 1.165) is 23.2 Å². The molecule has 122 valence electrons. The molecular weight excluding hydrogens is 320 g/mol. The molecule has 3 rings (SSSR count). The minimum Gasteiger partial charge on any atom is -0.367 e. The van der Waals surface area contributed by atoms with Crippen LogP contribution >= 0.6 is 11.3 Å². The molecule has 0 saturated carbocycles. The van der Waals surface area contributed by atoms with Crippen LogP contribution in [0.2, 0.25) is 0 Å². The Morgan fingerprint density at radius 2 is 2.30 bits per heavy atom. The summed E-state index contributed by atoms with van der Waals surface area (Å²) < 4.78 is 26.8. The first-order chi connectivity index (χ1) is 11.0. The molecule has 23 heavy (non-hydrogen) atoms. The van der Waals surface area contributed by atoms with Crippen molar-refractivity contribution in [1.82, 2.24) is 10.3 Å². The van der Waals surface area contributed by atoms with Crippen molar-refractivity contribution in [2.75, 3.05) is 18.0 Å². The lowest BCUT2D eigenvalue weighted by Crippen LogP contribution is -2.38. The van der Waals surface area contributed by atoms with Crippen molar-refractivity contribution in [1.29, 1.82) is 0 Å². The van der Waals surface area contributed by atoms with Crippen molar-refractivity contribution in [2.24, 2.45) is 0 Å². The molecular formula is C16H17F2N3OS. The lowest BCUT2D eigenvalue weighted by Gasteiger charge is -2.19. The van der Waals surface area contributed by atoms with E-state index in [9.17, 15) is 13.6 Å². The Balaban J connectivity index is 1.56. The van der Waals surface area contributed by atoms with Crippen LogP contribution in [-0.2, 0) is 11.2 Å². The van der Waals surface area contributed by atoms with Crippen molar-refractivity contribution in [3.63, 3.8) is 0 Å². The average Bonchev–Trinajstić information content (AvgIpc) is 3.08. The molecule has 1 unspecified atom stereocenters. The molecule has 2 heterocycles. The van der Waals surface area contributed by atoms with Gasteiger partial charge in [0.15, 0.2) is 0 Å². The summed E-state index contributed by atoms with van der Waals surface area (Å²) in [5, 5.41) is 5.77. The van der Waals surface area contributed by atoms with Crippen LogP contribution in [0.15, 0.2) is 23.6 Å². The van der Waals surface area contributed by atoms with Crippen molar-refractivity contribution >= 4 is 22.9 Å². The summed E-state index contributed by atoms with van der Waals surface area (Å²) in [5.74, 6) is -1.24. The number of benzene rings is 1. The normalized spacial score (nSPS) is 17.5. The molecule has 1 saturated heterocycles. The van der Waals surface area contributed by atoms with Crippen LogP contribution in [0.5, 0.6) is 0 Å². The molecule has 1 aliphatic rings. The van der Waals surface area contributed by atoms with Crippen molar-refractivity contribution in [3.8, 4) is 0 Å². The number of amides is 1. The highest BCUT2D eigenvalue weighted by Gasteiger charge is 2.26. The Hall–Kier alpha value is -2.02. The van der Waals surface area contributed by atoms with Gasteiger partial charge < -0.3 is 10.2 Å². The Labute approximate surface area is 137 Å². The number of aryl methyl sites for hydroxylation is 1. The maximum Gasteiger partial charge on any atom is 0.226 e. The maximum atomic E-state index is 13.8. The Morgan fingerprint density at radius 3 is 3.00 bits per heavy atom. The minimum absolute atomic E-state index is 0.0355. The van der Waals surface area contributed by atoms with Crippen molar-refractivity contribution in [3.05, 3.63) is 45.9 Å². The number of aromatic nitrogens is 1. The highest BCUT2D eigenvalue weighted by molar-refractivity contribution is 7.09. The zero-order chi connectivity index (χ0) is 16.4. The van der Waals surface area contributed by atoms with Gasteiger partial charge in [0.25, 0.3) is 0 Å². The summed E-state index contributed by atoms with van der Waals surface area (Å²) >= 11 is 1.52. The molecule has 1 aromatic carbocycles. The number of hydrogen-bond donors (Lipinski definition) is 1. The first-order valence-electron chi connectivity index (χ1n) is 7.41. The standard InChI is InChI=1S/C16H17F2N3OS/c1-10-19-13(9-23-10)7-16(22)20-12-4-5-21(8-12)15-3-2-11(17)6-14(15)18/h2-3,6,9,12H,4-5,7-8H2,1H3,(H,20,22). The fraction of sp³-hybridized carbons (Fsp3) is 0.375. The van der Waals surface area contributed by atoms with Crippen LogP contribution in [-0.4, -0.2) is 30.0 Å². The smallest absolute Gasteiger partial charge is 0.226 e. The van der Waals surface area contributed by atoms with Gasteiger partial charge in [-0.1, -0.05) is 0 Å². The summed E-state index contributed by atoms with van der Waals surface area (Å²) in [4.78, 5) is 18.1. The van der Waals surface area contributed by atoms with Crippen LogP contribution in [0.25, 0.3) is 0 Å². The zero-order valence-electron chi connectivity index (χ0n) is 12.7. The number of carbonyl (C=O) groups excluding carboxylic acids is 1. The van der Waals surface area contributed by atoms with Crippen LogP contribution in [0.3, 0.4) is 0 Å². The molecule has 1 aliphatic heterocycles. The number of anilines is 1. The predicted octanol–water partition coefficient (Wildman–Crippen LogP) is 2.67.